The van der Waals surface area contributed by atoms with E-state index in [9.17, 15) is 0 Å². The number of hydrogen-bond donors (Lipinski definition) is 1. The van der Waals surface area contributed by atoms with Gasteiger partial charge in [-0.1, -0.05) is 18.2 Å². The van der Waals surface area contributed by atoms with Crippen molar-refractivity contribution < 1.29 is 4.74 Å². The number of pyridine rings is 1. The minimum Gasteiger partial charge on any atom is -0.494 e. The molecule has 1 N–H and O–H groups in total. The molecule has 0 aliphatic carbocycles. The fourth-order valence-corrected chi connectivity index (χ4v) is 1.85. The highest BCUT2D eigenvalue weighted by Crippen LogP contribution is 2.13. The predicted octanol–water partition coefficient (Wildman–Crippen LogP) is 3.08. The van der Waals surface area contributed by atoms with Crippen LogP contribution in [0.4, 0.5) is 0 Å². The van der Waals surface area contributed by atoms with Crippen LogP contribution in [0.25, 0.3) is 0 Å². The number of aromatic nitrogens is 1. The van der Waals surface area contributed by atoms with Crippen molar-refractivity contribution in [2.24, 2.45) is 0 Å². The molecule has 0 amide bonds. The molecule has 1 aromatic carbocycles. The van der Waals surface area contributed by atoms with Gasteiger partial charge in [-0.25, -0.2) is 0 Å². The van der Waals surface area contributed by atoms with Crippen LogP contribution in [0.2, 0.25) is 0 Å². The average molecular weight is 256 g/mol. The molecule has 0 aliphatic heterocycles. The second kappa shape index (κ2) is 6.90. The summed E-state index contributed by atoms with van der Waals surface area (Å²) in [6.45, 7) is 6.33. The highest BCUT2D eigenvalue weighted by atomic mass is 16.5. The Labute approximate surface area is 114 Å². The normalized spacial score (nSPS) is 10.4. The molecule has 0 bridgehead atoms. The van der Waals surface area contributed by atoms with E-state index >= 15 is 0 Å². The first-order valence-corrected chi connectivity index (χ1v) is 6.62. The topological polar surface area (TPSA) is 34.1 Å². The van der Waals surface area contributed by atoms with E-state index in [0.717, 1.165) is 24.5 Å². The molecule has 100 valence electrons. The molecule has 0 fully saturated rings. The zero-order valence-electron chi connectivity index (χ0n) is 11.5. The first kappa shape index (κ1) is 13.6. The summed E-state index contributed by atoms with van der Waals surface area (Å²) in [5, 5.41) is 3.39. The second-order valence-electron chi connectivity index (χ2n) is 4.51. The van der Waals surface area contributed by atoms with Crippen LogP contribution < -0.4 is 10.1 Å². The zero-order chi connectivity index (χ0) is 13.5. The molecule has 0 saturated heterocycles. The fraction of sp³-hybridized carbons (Fsp3) is 0.312. The van der Waals surface area contributed by atoms with Gasteiger partial charge in [0.25, 0.3) is 0 Å². The molecule has 19 heavy (non-hydrogen) atoms. The number of aryl methyl sites for hydroxylation is 1. The summed E-state index contributed by atoms with van der Waals surface area (Å²) >= 11 is 0. The van der Waals surface area contributed by atoms with E-state index < -0.39 is 0 Å². The summed E-state index contributed by atoms with van der Waals surface area (Å²) in [6, 6.07) is 12.3. The van der Waals surface area contributed by atoms with Crippen LogP contribution >= 0.6 is 0 Å². The van der Waals surface area contributed by atoms with Crippen LogP contribution in [-0.4, -0.2) is 11.6 Å². The summed E-state index contributed by atoms with van der Waals surface area (Å²) in [4.78, 5) is 4.37. The van der Waals surface area contributed by atoms with Crippen molar-refractivity contribution in [3.05, 3.63) is 59.4 Å². The molecular formula is C16H20N2O. The number of rotatable bonds is 6. The predicted molar refractivity (Wildman–Crippen MR) is 77.1 cm³/mol. The third-order valence-corrected chi connectivity index (χ3v) is 2.82. The van der Waals surface area contributed by atoms with Crippen molar-refractivity contribution in [2.75, 3.05) is 6.61 Å². The molecule has 0 radical (unpaired) electrons. The van der Waals surface area contributed by atoms with Crippen LogP contribution in [-0.2, 0) is 13.1 Å². The molecule has 2 rings (SSSR count). The van der Waals surface area contributed by atoms with Gasteiger partial charge in [-0.15, -0.1) is 0 Å². The molecule has 1 aromatic heterocycles. The van der Waals surface area contributed by atoms with Crippen LogP contribution in [0, 0.1) is 6.92 Å². The van der Waals surface area contributed by atoms with Gasteiger partial charge in [0.15, 0.2) is 0 Å². The molecule has 3 nitrogen and oxygen atoms in total. The lowest BCUT2D eigenvalue weighted by Gasteiger charge is -2.07. The van der Waals surface area contributed by atoms with Crippen LogP contribution in [0.1, 0.15) is 23.7 Å². The Morgan fingerprint density at radius 3 is 2.79 bits per heavy atom. The molecule has 1 heterocycles. The maximum absolute atomic E-state index is 5.48. The average Bonchev–Trinajstić information content (AvgIpc) is 2.42. The fourth-order valence-electron chi connectivity index (χ4n) is 1.85. The maximum atomic E-state index is 5.48. The van der Waals surface area contributed by atoms with Crippen LogP contribution in [0.15, 0.2) is 42.6 Å². The van der Waals surface area contributed by atoms with Gasteiger partial charge in [0.1, 0.15) is 5.75 Å². The molecule has 0 aliphatic rings. The van der Waals surface area contributed by atoms with E-state index in [1.807, 2.05) is 32.2 Å². The third-order valence-electron chi connectivity index (χ3n) is 2.82. The van der Waals surface area contributed by atoms with Crippen molar-refractivity contribution in [2.45, 2.75) is 26.9 Å². The minimum atomic E-state index is 0.699. The van der Waals surface area contributed by atoms with Gasteiger partial charge in [0.05, 0.1) is 12.3 Å². The molecule has 0 spiro atoms. The Balaban J connectivity index is 1.85. The van der Waals surface area contributed by atoms with Crippen molar-refractivity contribution in [1.29, 1.82) is 0 Å². The van der Waals surface area contributed by atoms with Crippen LogP contribution in [0.5, 0.6) is 5.75 Å². The number of nitrogens with one attached hydrogen (secondary N) is 1. The number of benzene rings is 1. The Morgan fingerprint density at radius 2 is 2.05 bits per heavy atom. The second-order valence-corrected chi connectivity index (χ2v) is 4.51. The number of ether oxygens (including phenoxy) is 1. The summed E-state index contributed by atoms with van der Waals surface area (Å²) in [7, 11) is 0. The SMILES string of the molecule is CCOc1cccc(CNCc2ccc(C)cn2)c1. The Kier molecular flexibility index (Phi) is 4.93. The minimum absolute atomic E-state index is 0.699. The van der Waals surface area contributed by atoms with Gasteiger partial charge in [-0.2, -0.15) is 0 Å². The Morgan fingerprint density at radius 1 is 1.16 bits per heavy atom. The van der Waals surface area contributed by atoms with Crippen molar-refractivity contribution in [3.63, 3.8) is 0 Å². The summed E-state index contributed by atoms with van der Waals surface area (Å²) in [5.41, 5.74) is 3.47. The van der Waals surface area contributed by atoms with E-state index in [1.165, 1.54) is 11.1 Å². The van der Waals surface area contributed by atoms with Gasteiger partial charge >= 0.3 is 0 Å². The lowest BCUT2D eigenvalue weighted by molar-refractivity contribution is 0.340. The van der Waals surface area contributed by atoms with Gasteiger partial charge < -0.3 is 10.1 Å². The molecule has 2 aromatic rings. The van der Waals surface area contributed by atoms with E-state index in [-0.39, 0.29) is 0 Å². The third kappa shape index (κ3) is 4.38. The maximum Gasteiger partial charge on any atom is 0.119 e. The number of hydrogen-bond acceptors (Lipinski definition) is 3. The monoisotopic (exact) mass is 256 g/mol. The summed E-state index contributed by atoms with van der Waals surface area (Å²) in [5.74, 6) is 0.926. The molecule has 0 atom stereocenters. The van der Waals surface area contributed by atoms with Crippen molar-refractivity contribution >= 4 is 0 Å². The summed E-state index contributed by atoms with van der Waals surface area (Å²) < 4.78 is 5.48. The number of nitrogens with zero attached hydrogens (tertiary/aromatic N) is 1. The Hall–Kier alpha value is -1.87. The van der Waals surface area contributed by atoms with Gasteiger partial charge in [-0.3, -0.25) is 4.98 Å². The van der Waals surface area contributed by atoms with Gasteiger partial charge in [0, 0.05) is 19.3 Å². The standard InChI is InChI=1S/C16H20N2O/c1-3-19-16-6-4-5-14(9-16)11-17-12-15-8-7-13(2)10-18-15/h4-10,17H,3,11-12H2,1-2H3. The molecular weight excluding hydrogens is 236 g/mol. The largest absolute Gasteiger partial charge is 0.494 e. The molecule has 0 unspecified atom stereocenters. The highest BCUT2D eigenvalue weighted by molar-refractivity contribution is 5.28. The molecule has 3 heteroatoms. The van der Waals surface area contributed by atoms with Crippen molar-refractivity contribution in [1.82, 2.24) is 10.3 Å². The van der Waals surface area contributed by atoms with E-state index in [1.54, 1.807) is 0 Å². The first-order chi connectivity index (χ1) is 9.28. The summed E-state index contributed by atoms with van der Waals surface area (Å²) in [6.07, 6.45) is 1.90. The highest BCUT2D eigenvalue weighted by Gasteiger charge is 1.98. The molecule has 0 saturated carbocycles. The quantitative estimate of drug-likeness (QED) is 0.862. The van der Waals surface area contributed by atoms with Crippen LogP contribution in [0.3, 0.4) is 0 Å². The Bertz CT molecular complexity index is 508. The first-order valence-electron chi connectivity index (χ1n) is 6.62. The zero-order valence-corrected chi connectivity index (χ0v) is 11.5. The van der Waals surface area contributed by atoms with E-state index in [4.69, 9.17) is 4.74 Å². The van der Waals surface area contributed by atoms with Gasteiger partial charge in [-0.05, 0) is 43.2 Å². The smallest absolute Gasteiger partial charge is 0.119 e. The lowest BCUT2D eigenvalue weighted by Crippen LogP contribution is -2.13. The van der Waals surface area contributed by atoms with E-state index in [2.05, 4.69) is 34.6 Å². The van der Waals surface area contributed by atoms with Gasteiger partial charge in [0.2, 0.25) is 0 Å². The van der Waals surface area contributed by atoms with E-state index in [0.29, 0.717) is 6.61 Å². The van der Waals surface area contributed by atoms with Crippen molar-refractivity contribution in [3.8, 4) is 5.75 Å². The lowest BCUT2D eigenvalue weighted by atomic mass is 10.2.